The molecule has 0 fully saturated rings. The van der Waals surface area contributed by atoms with Crippen molar-refractivity contribution < 1.29 is 9.52 Å². The van der Waals surface area contributed by atoms with E-state index in [9.17, 15) is 5.11 Å². The first-order chi connectivity index (χ1) is 10.6. The van der Waals surface area contributed by atoms with Gasteiger partial charge in [0.1, 0.15) is 11.1 Å². The largest absolute Gasteiger partial charge is 0.438 e. The van der Waals surface area contributed by atoms with Gasteiger partial charge in [-0.1, -0.05) is 38.1 Å². The highest BCUT2D eigenvalue weighted by Gasteiger charge is 2.15. The summed E-state index contributed by atoms with van der Waals surface area (Å²) >= 11 is 0. The molecule has 0 aliphatic carbocycles. The van der Waals surface area contributed by atoms with E-state index in [1.165, 1.54) is 0 Å². The van der Waals surface area contributed by atoms with Crippen molar-refractivity contribution in [2.75, 3.05) is 0 Å². The van der Waals surface area contributed by atoms with Crippen molar-refractivity contribution in [1.29, 1.82) is 0 Å². The van der Waals surface area contributed by atoms with Crippen LogP contribution in [-0.2, 0) is 6.61 Å². The van der Waals surface area contributed by atoms with E-state index >= 15 is 0 Å². The van der Waals surface area contributed by atoms with Crippen LogP contribution in [0, 0.1) is 6.57 Å². The predicted octanol–water partition coefficient (Wildman–Crippen LogP) is 4.66. The molecule has 3 rings (SSSR count). The average Bonchev–Trinajstić information content (AvgIpc) is 2.97. The van der Waals surface area contributed by atoms with Crippen LogP contribution in [0.1, 0.15) is 30.9 Å². The Morgan fingerprint density at radius 1 is 1.27 bits per heavy atom. The number of fused-ring (bicyclic) bond motifs is 1. The predicted molar refractivity (Wildman–Crippen MR) is 85.7 cm³/mol. The molecule has 4 nitrogen and oxygen atoms in total. The highest BCUT2D eigenvalue weighted by Crippen LogP contribution is 2.33. The summed E-state index contributed by atoms with van der Waals surface area (Å²) in [5.41, 5.74) is 4.31. The Labute approximate surface area is 128 Å². The lowest BCUT2D eigenvalue weighted by Crippen LogP contribution is -1.94. The van der Waals surface area contributed by atoms with Gasteiger partial charge in [0.25, 0.3) is 0 Å². The van der Waals surface area contributed by atoms with Gasteiger partial charge >= 0.3 is 0 Å². The first-order valence-corrected chi connectivity index (χ1v) is 7.15. The van der Waals surface area contributed by atoms with Crippen molar-refractivity contribution in [2.24, 2.45) is 0 Å². The van der Waals surface area contributed by atoms with E-state index in [1.807, 2.05) is 18.2 Å². The molecule has 22 heavy (non-hydrogen) atoms. The van der Waals surface area contributed by atoms with E-state index in [2.05, 4.69) is 23.7 Å². The average molecular weight is 292 g/mol. The number of nitrogens with zero attached hydrogens (tertiary/aromatic N) is 2. The zero-order valence-corrected chi connectivity index (χ0v) is 12.5. The van der Waals surface area contributed by atoms with Crippen molar-refractivity contribution in [3.8, 4) is 11.5 Å². The number of aliphatic hydroxyl groups is 1. The highest BCUT2D eigenvalue weighted by molar-refractivity contribution is 5.89. The smallest absolute Gasteiger partial charge is 0.226 e. The lowest BCUT2D eigenvalue weighted by molar-refractivity contribution is 0.282. The fraction of sp³-hybridized carbons (Fsp3) is 0.222. The molecule has 1 aromatic heterocycles. The second-order valence-electron chi connectivity index (χ2n) is 5.48. The van der Waals surface area contributed by atoms with E-state index in [-0.39, 0.29) is 6.61 Å². The highest BCUT2D eigenvalue weighted by atomic mass is 16.3. The fourth-order valence-corrected chi connectivity index (χ4v) is 2.43. The zero-order chi connectivity index (χ0) is 15.7. The van der Waals surface area contributed by atoms with E-state index in [0.717, 1.165) is 16.7 Å². The summed E-state index contributed by atoms with van der Waals surface area (Å²) in [4.78, 5) is 7.94. The van der Waals surface area contributed by atoms with Crippen molar-refractivity contribution in [3.63, 3.8) is 0 Å². The fourth-order valence-electron chi connectivity index (χ4n) is 2.43. The SMILES string of the molecule is [C-]#[N+]c1cccc2oc(-c3cc(C(C)C)ccc3CO)nc12. The van der Waals surface area contributed by atoms with Crippen LogP contribution in [0.15, 0.2) is 40.8 Å². The molecular weight excluding hydrogens is 276 g/mol. The van der Waals surface area contributed by atoms with Crippen LogP contribution in [0.3, 0.4) is 0 Å². The Kier molecular flexibility index (Phi) is 3.66. The minimum absolute atomic E-state index is 0.0812. The first kappa shape index (κ1) is 14.3. The Balaban J connectivity index is 2.22. The minimum atomic E-state index is -0.0812. The number of oxazole rings is 1. The second kappa shape index (κ2) is 5.63. The molecule has 2 aromatic carbocycles. The van der Waals surface area contributed by atoms with Gasteiger partial charge in [0.15, 0.2) is 0 Å². The van der Waals surface area contributed by atoms with Crippen LogP contribution in [0.5, 0.6) is 0 Å². The van der Waals surface area contributed by atoms with Crippen molar-refractivity contribution in [1.82, 2.24) is 4.98 Å². The quantitative estimate of drug-likeness (QED) is 0.714. The molecule has 0 saturated heterocycles. The summed E-state index contributed by atoms with van der Waals surface area (Å²) in [6, 6.07) is 11.2. The Bertz CT molecular complexity index is 872. The molecule has 0 radical (unpaired) electrons. The molecule has 1 N–H and O–H groups in total. The van der Waals surface area contributed by atoms with Crippen LogP contribution in [0.25, 0.3) is 27.4 Å². The van der Waals surface area contributed by atoms with Crippen LogP contribution >= 0.6 is 0 Å². The van der Waals surface area contributed by atoms with Crippen LogP contribution in [0.4, 0.5) is 5.69 Å². The standard InChI is InChI=1S/C18H16N2O2/c1-11(2)12-7-8-13(10-21)14(9-12)18-20-17-15(19-3)5-4-6-16(17)22-18/h4-9,11,21H,10H2,1-2H3. The summed E-state index contributed by atoms with van der Waals surface area (Å²) in [5.74, 6) is 0.812. The summed E-state index contributed by atoms with van der Waals surface area (Å²) in [5, 5.41) is 9.57. The van der Waals surface area contributed by atoms with Crippen LogP contribution in [0.2, 0.25) is 0 Å². The maximum Gasteiger partial charge on any atom is 0.226 e. The van der Waals surface area contributed by atoms with E-state index < -0.39 is 0 Å². The van der Waals surface area contributed by atoms with Crippen LogP contribution < -0.4 is 0 Å². The number of rotatable bonds is 3. The van der Waals surface area contributed by atoms with Gasteiger partial charge in [-0.25, -0.2) is 9.83 Å². The zero-order valence-electron chi connectivity index (χ0n) is 12.5. The van der Waals surface area contributed by atoms with Gasteiger partial charge in [-0.05, 0) is 29.2 Å². The first-order valence-electron chi connectivity index (χ1n) is 7.15. The molecule has 0 unspecified atom stereocenters. The minimum Gasteiger partial charge on any atom is -0.438 e. The van der Waals surface area contributed by atoms with Gasteiger partial charge in [0.2, 0.25) is 11.6 Å². The van der Waals surface area contributed by atoms with Gasteiger partial charge < -0.3 is 9.52 Å². The normalized spacial score (nSPS) is 11.0. The van der Waals surface area contributed by atoms with Crippen molar-refractivity contribution >= 4 is 16.8 Å². The monoisotopic (exact) mass is 292 g/mol. The molecule has 0 bridgehead atoms. The lowest BCUT2D eigenvalue weighted by Gasteiger charge is -2.10. The maximum atomic E-state index is 9.57. The third-order valence-corrected chi connectivity index (χ3v) is 3.72. The third-order valence-electron chi connectivity index (χ3n) is 3.72. The molecule has 0 atom stereocenters. The molecular formula is C18H16N2O2. The Morgan fingerprint density at radius 3 is 2.77 bits per heavy atom. The summed E-state index contributed by atoms with van der Waals surface area (Å²) in [6.45, 7) is 11.4. The van der Waals surface area contributed by atoms with Crippen molar-refractivity contribution in [2.45, 2.75) is 26.4 Å². The number of benzene rings is 2. The molecule has 0 saturated carbocycles. The Morgan fingerprint density at radius 2 is 2.09 bits per heavy atom. The summed E-state index contributed by atoms with van der Waals surface area (Å²) in [6.07, 6.45) is 0. The van der Waals surface area contributed by atoms with Gasteiger partial charge in [-0.15, -0.1) is 0 Å². The van der Waals surface area contributed by atoms with Gasteiger partial charge in [0, 0.05) is 5.56 Å². The Hall–Kier alpha value is -2.64. The summed E-state index contributed by atoms with van der Waals surface area (Å²) < 4.78 is 5.81. The van der Waals surface area contributed by atoms with Gasteiger partial charge in [-0.2, -0.15) is 0 Å². The van der Waals surface area contributed by atoms with Gasteiger partial charge in [-0.3, -0.25) is 0 Å². The van der Waals surface area contributed by atoms with E-state index in [0.29, 0.717) is 28.6 Å². The maximum absolute atomic E-state index is 9.57. The number of hydrogen-bond donors (Lipinski definition) is 1. The molecule has 1 heterocycles. The van der Waals surface area contributed by atoms with Gasteiger partial charge in [0.05, 0.1) is 13.2 Å². The van der Waals surface area contributed by atoms with E-state index in [1.54, 1.807) is 18.2 Å². The molecule has 0 spiro atoms. The number of aliphatic hydroxyl groups excluding tert-OH is 1. The molecule has 0 aliphatic heterocycles. The van der Waals surface area contributed by atoms with Crippen molar-refractivity contribution in [3.05, 3.63) is 58.9 Å². The number of hydrogen-bond acceptors (Lipinski definition) is 3. The second-order valence-corrected chi connectivity index (χ2v) is 5.48. The molecule has 4 heteroatoms. The topological polar surface area (TPSA) is 50.6 Å². The third kappa shape index (κ3) is 2.36. The number of para-hydroxylation sites is 1. The molecule has 0 aliphatic rings. The molecule has 110 valence electrons. The molecule has 3 aromatic rings. The van der Waals surface area contributed by atoms with Crippen LogP contribution in [-0.4, -0.2) is 10.1 Å². The summed E-state index contributed by atoms with van der Waals surface area (Å²) in [7, 11) is 0. The molecule has 0 amide bonds. The van der Waals surface area contributed by atoms with E-state index in [4.69, 9.17) is 11.0 Å². The lowest BCUT2D eigenvalue weighted by atomic mass is 9.97. The number of aromatic nitrogens is 1.